The largest absolute Gasteiger partial charge is 0.335 e. The van der Waals surface area contributed by atoms with Gasteiger partial charge in [0.05, 0.1) is 27.2 Å². The number of fused-ring (bicyclic) bond motifs is 1. The van der Waals surface area contributed by atoms with Crippen LogP contribution in [0.4, 0.5) is 5.69 Å². The van der Waals surface area contributed by atoms with E-state index >= 15 is 0 Å². The maximum absolute atomic E-state index is 12.4. The number of nitrogens with zero attached hydrogens (tertiary/aromatic N) is 2. The lowest BCUT2D eigenvalue weighted by Gasteiger charge is -2.00. The van der Waals surface area contributed by atoms with E-state index in [0.717, 1.165) is 16.5 Å². The van der Waals surface area contributed by atoms with E-state index in [9.17, 15) is 4.79 Å². The van der Waals surface area contributed by atoms with Crippen LogP contribution in [0.25, 0.3) is 17.0 Å². The summed E-state index contributed by atoms with van der Waals surface area (Å²) in [6.07, 6.45) is 9.27. The van der Waals surface area contributed by atoms with Crippen LogP contribution in [0.5, 0.6) is 0 Å². The quantitative estimate of drug-likeness (QED) is 0.446. The second kappa shape index (κ2) is 7.76. The third-order valence-corrected chi connectivity index (χ3v) is 5.89. The molecule has 0 bridgehead atoms. The summed E-state index contributed by atoms with van der Waals surface area (Å²) in [4.78, 5) is 17.4. The van der Waals surface area contributed by atoms with Crippen molar-refractivity contribution in [3.8, 4) is 12.3 Å². The van der Waals surface area contributed by atoms with Gasteiger partial charge in [-0.1, -0.05) is 53.4 Å². The zero-order valence-electron chi connectivity index (χ0n) is 14.4. The molecule has 3 aromatic rings. The number of terminal acetylenes is 1. The van der Waals surface area contributed by atoms with E-state index in [0.29, 0.717) is 32.4 Å². The van der Waals surface area contributed by atoms with Gasteiger partial charge in [0.15, 0.2) is 5.17 Å². The van der Waals surface area contributed by atoms with Crippen LogP contribution < -0.4 is 5.32 Å². The molecule has 138 valence electrons. The number of hydrogen-bond acceptors (Lipinski definition) is 3. The van der Waals surface area contributed by atoms with E-state index in [1.807, 2.05) is 41.1 Å². The van der Waals surface area contributed by atoms with Gasteiger partial charge in [0.2, 0.25) is 0 Å². The monoisotopic (exact) mass is 425 g/mol. The summed E-state index contributed by atoms with van der Waals surface area (Å²) in [5.74, 6) is 2.44. The lowest BCUT2D eigenvalue weighted by Crippen LogP contribution is -2.19. The van der Waals surface area contributed by atoms with Crippen molar-refractivity contribution in [2.45, 2.75) is 6.54 Å². The van der Waals surface area contributed by atoms with Crippen LogP contribution in [0.3, 0.4) is 0 Å². The van der Waals surface area contributed by atoms with Crippen LogP contribution in [0.1, 0.15) is 5.56 Å². The van der Waals surface area contributed by atoms with Crippen molar-refractivity contribution in [2.75, 3.05) is 0 Å². The first kappa shape index (κ1) is 18.7. The molecular weight excluding hydrogens is 413 g/mol. The number of rotatable bonds is 3. The van der Waals surface area contributed by atoms with Crippen molar-refractivity contribution in [1.82, 2.24) is 9.88 Å². The first-order chi connectivity index (χ1) is 13.6. The summed E-state index contributed by atoms with van der Waals surface area (Å²) in [5, 5.41) is 5.01. The number of para-hydroxylation sites is 1. The van der Waals surface area contributed by atoms with Crippen molar-refractivity contribution in [2.24, 2.45) is 4.99 Å². The van der Waals surface area contributed by atoms with E-state index in [1.165, 1.54) is 11.8 Å². The molecule has 4 rings (SSSR count). The average molecular weight is 426 g/mol. The van der Waals surface area contributed by atoms with Crippen LogP contribution in [-0.2, 0) is 11.3 Å². The number of halogens is 2. The van der Waals surface area contributed by atoms with Gasteiger partial charge < -0.3 is 9.88 Å². The topological polar surface area (TPSA) is 46.4 Å². The van der Waals surface area contributed by atoms with Crippen molar-refractivity contribution >= 4 is 68.7 Å². The minimum Gasteiger partial charge on any atom is -0.335 e. The van der Waals surface area contributed by atoms with Gasteiger partial charge in [0.25, 0.3) is 5.91 Å². The molecule has 2 heterocycles. The van der Waals surface area contributed by atoms with Crippen LogP contribution in [0.2, 0.25) is 10.0 Å². The molecule has 7 heteroatoms. The Labute approximate surface area is 176 Å². The second-order valence-corrected chi connectivity index (χ2v) is 7.80. The Morgan fingerprint density at radius 2 is 2.04 bits per heavy atom. The molecular formula is C21H13Cl2N3OS. The fraction of sp³-hybridized carbons (Fsp3) is 0.0476. The molecule has 0 atom stereocenters. The number of benzene rings is 2. The number of nitrogens with one attached hydrogen (secondary N) is 1. The Morgan fingerprint density at radius 1 is 1.21 bits per heavy atom. The molecule has 28 heavy (non-hydrogen) atoms. The van der Waals surface area contributed by atoms with Crippen LogP contribution >= 0.6 is 35.0 Å². The van der Waals surface area contributed by atoms with Gasteiger partial charge in [-0.3, -0.25) is 4.79 Å². The molecule has 1 aromatic heterocycles. The third-order valence-electron chi connectivity index (χ3n) is 4.17. The van der Waals surface area contributed by atoms with Crippen molar-refractivity contribution in [3.63, 3.8) is 0 Å². The molecule has 1 saturated heterocycles. The molecule has 0 radical (unpaired) electrons. The predicted molar refractivity (Wildman–Crippen MR) is 118 cm³/mol. The Morgan fingerprint density at radius 3 is 2.86 bits per heavy atom. The summed E-state index contributed by atoms with van der Waals surface area (Å²) in [6, 6.07) is 13.1. The number of hydrogen-bond donors (Lipinski definition) is 1. The zero-order chi connectivity index (χ0) is 19.7. The van der Waals surface area contributed by atoms with Crippen LogP contribution in [-0.4, -0.2) is 15.6 Å². The zero-order valence-corrected chi connectivity index (χ0v) is 16.8. The van der Waals surface area contributed by atoms with Crippen molar-refractivity contribution in [1.29, 1.82) is 0 Å². The number of thioether (sulfide) groups is 1. The lowest BCUT2D eigenvalue weighted by atomic mass is 10.1. The van der Waals surface area contributed by atoms with Gasteiger partial charge in [0, 0.05) is 22.7 Å². The van der Waals surface area contributed by atoms with E-state index in [1.54, 1.807) is 18.2 Å². The minimum atomic E-state index is -0.212. The molecule has 0 unspecified atom stereocenters. The summed E-state index contributed by atoms with van der Waals surface area (Å²) in [7, 11) is 0. The molecule has 1 aliphatic heterocycles. The van der Waals surface area contributed by atoms with E-state index in [4.69, 9.17) is 29.6 Å². The van der Waals surface area contributed by atoms with Crippen molar-refractivity contribution < 1.29 is 4.79 Å². The number of carbonyl (C=O) groups is 1. The van der Waals surface area contributed by atoms with Gasteiger partial charge in [-0.05, 0) is 36.0 Å². The first-order valence-electron chi connectivity index (χ1n) is 8.32. The summed E-state index contributed by atoms with van der Waals surface area (Å²) in [6.45, 7) is 0.461. The molecule has 1 amide bonds. The lowest BCUT2D eigenvalue weighted by molar-refractivity contribution is -0.115. The predicted octanol–water partition coefficient (Wildman–Crippen LogP) is 5.47. The first-order valence-corrected chi connectivity index (χ1v) is 9.89. The molecule has 1 N–H and O–H groups in total. The minimum absolute atomic E-state index is 0.212. The maximum atomic E-state index is 12.4. The van der Waals surface area contributed by atoms with Gasteiger partial charge in [-0.15, -0.1) is 6.42 Å². The normalized spacial score (nSPS) is 16.7. The number of aliphatic imine (C=N–C) groups is 1. The molecule has 1 aliphatic rings. The number of aromatic nitrogens is 1. The molecule has 4 nitrogen and oxygen atoms in total. The maximum Gasteiger partial charge on any atom is 0.264 e. The highest BCUT2D eigenvalue weighted by Gasteiger charge is 2.24. The van der Waals surface area contributed by atoms with Crippen molar-refractivity contribution in [3.05, 3.63) is 69.2 Å². The smallest absolute Gasteiger partial charge is 0.264 e. The Kier molecular flexibility index (Phi) is 5.19. The van der Waals surface area contributed by atoms with Gasteiger partial charge in [0.1, 0.15) is 0 Å². The highest BCUT2D eigenvalue weighted by molar-refractivity contribution is 8.18. The number of carbonyl (C=O) groups excluding carboxylic acids is 1. The molecule has 0 aliphatic carbocycles. The summed E-state index contributed by atoms with van der Waals surface area (Å²) in [5.41, 5.74) is 2.45. The van der Waals surface area contributed by atoms with Gasteiger partial charge >= 0.3 is 0 Å². The van der Waals surface area contributed by atoms with E-state index in [-0.39, 0.29) is 5.91 Å². The van der Waals surface area contributed by atoms with Gasteiger partial charge in [-0.25, -0.2) is 4.99 Å². The third kappa shape index (κ3) is 3.55. The fourth-order valence-corrected chi connectivity index (χ4v) is 4.09. The second-order valence-electron chi connectivity index (χ2n) is 5.99. The highest BCUT2D eigenvalue weighted by atomic mass is 35.5. The number of amidine groups is 1. The summed E-state index contributed by atoms with van der Waals surface area (Å²) >= 11 is 13.5. The standard InChI is InChI=1S/C21H13Cl2N3OS/c1-2-10-26-12-13(14-6-3-4-9-17(14)26)11-18-20(27)25-21(28-18)24-16-8-5-7-15(22)19(16)23/h1,3-9,11-12H,10H2,(H,24,25,27)/b18-11+. The van der Waals surface area contributed by atoms with E-state index < -0.39 is 0 Å². The van der Waals surface area contributed by atoms with Crippen LogP contribution in [0.15, 0.2) is 58.6 Å². The fourth-order valence-electron chi connectivity index (χ4n) is 2.93. The molecule has 0 saturated carbocycles. The highest BCUT2D eigenvalue weighted by Crippen LogP contribution is 2.35. The molecule has 1 fully saturated rings. The summed E-state index contributed by atoms with van der Waals surface area (Å²) < 4.78 is 1.99. The number of amides is 1. The van der Waals surface area contributed by atoms with Gasteiger partial charge in [-0.2, -0.15) is 0 Å². The SMILES string of the molecule is C#CCn1cc(/C=C2/SC(=Nc3cccc(Cl)c3Cl)NC2=O)c2ccccc21. The molecule has 2 aromatic carbocycles. The van der Waals surface area contributed by atoms with E-state index in [2.05, 4.69) is 16.2 Å². The molecule has 0 spiro atoms. The van der Waals surface area contributed by atoms with Crippen LogP contribution in [0, 0.1) is 12.3 Å². The Bertz CT molecular complexity index is 1200. The Hall–Kier alpha value is -2.65. The Balaban J connectivity index is 1.69. The average Bonchev–Trinajstić information content (AvgIpc) is 3.20.